The van der Waals surface area contributed by atoms with Crippen molar-refractivity contribution in [3.63, 3.8) is 0 Å². The van der Waals surface area contributed by atoms with Crippen LogP contribution in [0.5, 0.6) is 5.75 Å². The molecule has 2 rings (SSSR count). The molecule has 0 saturated carbocycles. The van der Waals surface area contributed by atoms with Crippen molar-refractivity contribution >= 4 is 28.8 Å². The molecule has 18 heavy (non-hydrogen) atoms. The summed E-state index contributed by atoms with van der Waals surface area (Å²) in [5.41, 5.74) is 7.48. The van der Waals surface area contributed by atoms with Gasteiger partial charge in [0.25, 0.3) is 0 Å². The third kappa shape index (κ3) is 3.22. The van der Waals surface area contributed by atoms with Gasteiger partial charge in [0.2, 0.25) is 0 Å². The van der Waals surface area contributed by atoms with E-state index in [1.54, 1.807) is 12.1 Å². The van der Waals surface area contributed by atoms with E-state index in [4.69, 9.17) is 34.3 Å². The fraction of sp³-hybridized carbons (Fsp3) is 0.0714. The van der Waals surface area contributed by atoms with Crippen LogP contribution in [0.15, 0.2) is 48.5 Å². The van der Waals surface area contributed by atoms with Crippen LogP contribution >= 0.6 is 23.8 Å². The highest BCUT2D eigenvalue weighted by atomic mass is 35.5. The molecule has 0 amide bonds. The molecule has 0 spiro atoms. The summed E-state index contributed by atoms with van der Waals surface area (Å²) in [5, 5.41) is 0.686. The molecule has 0 unspecified atom stereocenters. The minimum atomic E-state index is 0.380. The van der Waals surface area contributed by atoms with Crippen molar-refractivity contribution in [2.45, 2.75) is 6.61 Å². The quantitative estimate of drug-likeness (QED) is 0.868. The molecule has 0 fully saturated rings. The first-order chi connectivity index (χ1) is 8.66. The van der Waals surface area contributed by atoms with Crippen LogP contribution in [0, 0.1) is 0 Å². The first kappa shape index (κ1) is 12.9. The molecule has 2 aromatic rings. The number of ether oxygens (including phenoxy) is 1. The van der Waals surface area contributed by atoms with Crippen molar-refractivity contribution in [3.8, 4) is 5.75 Å². The van der Waals surface area contributed by atoms with E-state index in [1.165, 1.54) is 0 Å². The van der Waals surface area contributed by atoms with Crippen molar-refractivity contribution in [3.05, 3.63) is 64.7 Å². The SMILES string of the molecule is NC(=S)c1ccccc1COc1ccc(Cl)cc1. The average Bonchev–Trinajstić information content (AvgIpc) is 2.38. The Morgan fingerprint density at radius 3 is 2.44 bits per heavy atom. The van der Waals surface area contributed by atoms with Gasteiger partial charge in [-0.05, 0) is 29.8 Å². The standard InChI is InChI=1S/C14H12ClNOS/c15-11-5-7-12(8-6-11)17-9-10-3-1-2-4-13(10)14(16)18/h1-8H,9H2,(H2,16,18). The Kier molecular flexibility index (Phi) is 4.18. The number of halogens is 1. The summed E-state index contributed by atoms with van der Waals surface area (Å²) >= 11 is 10.8. The molecule has 0 aliphatic heterocycles. The Morgan fingerprint density at radius 1 is 1.11 bits per heavy atom. The number of nitrogens with two attached hydrogens (primary N) is 1. The Labute approximate surface area is 116 Å². The maximum absolute atomic E-state index is 5.81. The molecule has 0 atom stereocenters. The van der Waals surface area contributed by atoms with E-state index >= 15 is 0 Å². The molecule has 2 aromatic carbocycles. The van der Waals surface area contributed by atoms with Gasteiger partial charge in [0, 0.05) is 10.6 Å². The highest BCUT2D eigenvalue weighted by molar-refractivity contribution is 7.80. The van der Waals surface area contributed by atoms with Crippen LogP contribution in [0.2, 0.25) is 5.02 Å². The average molecular weight is 278 g/mol. The summed E-state index contributed by atoms with van der Waals surface area (Å²) in [5.74, 6) is 0.761. The summed E-state index contributed by atoms with van der Waals surface area (Å²) in [6.45, 7) is 0.426. The van der Waals surface area contributed by atoms with Gasteiger partial charge in [-0.15, -0.1) is 0 Å². The smallest absolute Gasteiger partial charge is 0.119 e. The van der Waals surface area contributed by atoms with E-state index in [0.717, 1.165) is 16.9 Å². The van der Waals surface area contributed by atoms with Gasteiger partial charge in [-0.25, -0.2) is 0 Å². The number of hydrogen-bond donors (Lipinski definition) is 1. The first-order valence-electron chi connectivity index (χ1n) is 5.43. The van der Waals surface area contributed by atoms with Gasteiger partial charge in [0.15, 0.2) is 0 Å². The van der Waals surface area contributed by atoms with Crippen LogP contribution < -0.4 is 10.5 Å². The molecule has 0 radical (unpaired) electrons. The third-order valence-corrected chi connectivity index (χ3v) is 2.96. The number of benzene rings is 2. The van der Waals surface area contributed by atoms with Crippen LogP contribution in [0.25, 0.3) is 0 Å². The number of rotatable bonds is 4. The monoisotopic (exact) mass is 277 g/mol. The summed E-state index contributed by atoms with van der Waals surface area (Å²) in [6, 6.07) is 14.9. The van der Waals surface area contributed by atoms with E-state index in [0.29, 0.717) is 16.6 Å². The lowest BCUT2D eigenvalue weighted by Crippen LogP contribution is -2.13. The predicted octanol–water partition coefficient (Wildman–Crippen LogP) is 3.55. The molecule has 0 aliphatic rings. The minimum Gasteiger partial charge on any atom is -0.489 e. The van der Waals surface area contributed by atoms with Crippen molar-refractivity contribution < 1.29 is 4.74 Å². The second kappa shape index (κ2) is 5.85. The summed E-state index contributed by atoms with van der Waals surface area (Å²) in [4.78, 5) is 0.380. The molecular weight excluding hydrogens is 266 g/mol. The second-order valence-electron chi connectivity index (χ2n) is 3.76. The maximum atomic E-state index is 5.81. The molecule has 0 bridgehead atoms. The number of thiocarbonyl (C=S) groups is 1. The molecule has 92 valence electrons. The highest BCUT2D eigenvalue weighted by Crippen LogP contribution is 2.18. The molecule has 0 aliphatic carbocycles. The fourth-order valence-electron chi connectivity index (χ4n) is 1.58. The zero-order valence-electron chi connectivity index (χ0n) is 9.60. The first-order valence-corrected chi connectivity index (χ1v) is 6.21. The van der Waals surface area contributed by atoms with E-state index < -0.39 is 0 Å². The van der Waals surface area contributed by atoms with Crippen LogP contribution in [0.4, 0.5) is 0 Å². The van der Waals surface area contributed by atoms with Crippen molar-refractivity contribution in [1.82, 2.24) is 0 Å². The normalized spacial score (nSPS) is 10.1. The van der Waals surface area contributed by atoms with E-state index in [2.05, 4.69) is 0 Å². The largest absolute Gasteiger partial charge is 0.489 e. The van der Waals surface area contributed by atoms with Crippen molar-refractivity contribution in [2.75, 3.05) is 0 Å². The molecule has 0 heterocycles. The summed E-state index contributed by atoms with van der Waals surface area (Å²) < 4.78 is 5.66. The topological polar surface area (TPSA) is 35.2 Å². The lowest BCUT2D eigenvalue weighted by Gasteiger charge is -2.10. The second-order valence-corrected chi connectivity index (χ2v) is 4.64. The summed E-state index contributed by atoms with van der Waals surface area (Å²) in [6.07, 6.45) is 0. The van der Waals surface area contributed by atoms with Crippen LogP contribution in [-0.2, 0) is 6.61 Å². The maximum Gasteiger partial charge on any atom is 0.119 e. The predicted molar refractivity (Wildman–Crippen MR) is 78.1 cm³/mol. The molecule has 2 N–H and O–H groups in total. The minimum absolute atomic E-state index is 0.380. The molecular formula is C14H12ClNOS. The van der Waals surface area contributed by atoms with Crippen LogP contribution in [-0.4, -0.2) is 4.99 Å². The number of hydrogen-bond acceptors (Lipinski definition) is 2. The van der Waals surface area contributed by atoms with Gasteiger partial charge in [0.05, 0.1) is 0 Å². The zero-order valence-corrected chi connectivity index (χ0v) is 11.2. The Bertz CT molecular complexity index is 554. The molecule has 2 nitrogen and oxygen atoms in total. The van der Waals surface area contributed by atoms with Gasteiger partial charge in [0.1, 0.15) is 17.3 Å². The highest BCUT2D eigenvalue weighted by Gasteiger charge is 2.04. The van der Waals surface area contributed by atoms with Gasteiger partial charge >= 0.3 is 0 Å². The van der Waals surface area contributed by atoms with E-state index in [-0.39, 0.29) is 0 Å². The Morgan fingerprint density at radius 2 is 1.78 bits per heavy atom. The van der Waals surface area contributed by atoms with Gasteiger partial charge in [-0.3, -0.25) is 0 Å². The lowest BCUT2D eigenvalue weighted by molar-refractivity contribution is 0.306. The Balaban J connectivity index is 2.10. The van der Waals surface area contributed by atoms with Gasteiger partial charge in [-0.1, -0.05) is 48.1 Å². The fourth-order valence-corrected chi connectivity index (χ4v) is 1.90. The van der Waals surface area contributed by atoms with Gasteiger partial charge < -0.3 is 10.5 Å². The van der Waals surface area contributed by atoms with E-state index in [1.807, 2.05) is 36.4 Å². The zero-order chi connectivity index (χ0) is 13.0. The lowest BCUT2D eigenvalue weighted by atomic mass is 10.1. The van der Waals surface area contributed by atoms with E-state index in [9.17, 15) is 0 Å². The summed E-state index contributed by atoms with van der Waals surface area (Å²) in [7, 11) is 0. The van der Waals surface area contributed by atoms with Gasteiger partial charge in [-0.2, -0.15) is 0 Å². The van der Waals surface area contributed by atoms with Crippen LogP contribution in [0.3, 0.4) is 0 Å². The molecule has 4 heteroatoms. The van der Waals surface area contributed by atoms with Crippen molar-refractivity contribution in [2.24, 2.45) is 5.73 Å². The molecule has 0 saturated heterocycles. The van der Waals surface area contributed by atoms with Crippen molar-refractivity contribution in [1.29, 1.82) is 0 Å². The van der Waals surface area contributed by atoms with Crippen LogP contribution in [0.1, 0.15) is 11.1 Å². The molecule has 0 aromatic heterocycles. The third-order valence-electron chi connectivity index (χ3n) is 2.49. The Hall–Kier alpha value is -1.58.